The largest absolute Gasteiger partial charge is 0.491 e. The van der Waals surface area contributed by atoms with E-state index >= 15 is 0 Å². The van der Waals surface area contributed by atoms with Crippen molar-refractivity contribution in [1.29, 1.82) is 0 Å². The molecule has 0 spiro atoms. The number of methoxy groups -OCH3 is 1. The van der Waals surface area contributed by atoms with Crippen LogP contribution in [0.1, 0.15) is 43.5 Å². The SMILES string of the molecule is CO[C@@H]1CN(C)C(=O)c2ccc(NC(=O)C3CCC3)cc2OC[C@H](C)NC[C@H]1C. The number of nitrogens with zero attached hydrogens (tertiary/aromatic N) is 1. The molecular weight excluding hydrogens is 370 g/mol. The fourth-order valence-corrected chi connectivity index (χ4v) is 3.65. The van der Waals surface area contributed by atoms with E-state index in [1.807, 2.05) is 0 Å². The first kappa shape index (κ1) is 21.6. The summed E-state index contributed by atoms with van der Waals surface area (Å²) in [5.74, 6) is 0.763. The molecule has 1 heterocycles. The van der Waals surface area contributed by atoms with Gasteiger partial charge in [0.15, 0.2) is 0 Å². The predicted molar refractivity (Wildman–Crippen MR) is 112 cm³/mol. The number of carbonyl (C=O) groups excluding carboxylic acids is 2. The van der Waals surface area contributed by atoms with Crippen molar-refractivity contribution >= 4 is 17.5 Å². The van der Waals surface area contributed by atoms with Crippen LogP contribution in [0.3, 0.4) is 0 Å². The fourth-order valence-electron chi connectivity index (χ4n) is 3.65. The molecule has 0 saturated heterocycles. The minimum atomic E-state index is -0.118. The Morgan fingerprint density at radius 1 is 1.31 bits per heavy atom. The molecule has 7 nitrogen and oxygen atoms in total. The highest BCUT2D eigenvalue weighted by atomic mass is 16.5. The van der Waals surface area contributed by atoms with Crippen molar-refractivity contribution in [3.05, 3.63) is 23.8 Å². The molecule has 2 amide bonds. The second-order valence-electron chi connectivity index (χ2n) is 8.39. The molecule has 0 unspecified atom stereocenters. The highest BCUT2D eigenvalue weighted by molar-refractivity contribution is 5.99. The molecule has 3 rings (SSSR count). The van der Waals surface area contributed by atoms with E-state index in [0.29, 0.717) is 30.2 Å². The Kier molecular flexibility index (Phi) is 7.14. The number of anilines is 1. The van der Waals surface area contributed by atoms with E-state index in [-0.39, 0.29) is 35.8 Å². The Bertz CT molecular complexity index is 735. The first-order valence-electron chi connectivity index (χ1n) is 10.5. The van der Waals surface area contributed by atoms with Crippen LogP contribution in [-0.4, -0.2) is 62.7 Å². The van der Waals surface area contributed by atoms with Gasteiger partial charge in [-0.2, -0.15) is 0 Å². The molecule has 0 aromatic heterocycles. The Morgan fingerprint density at radius 2 is 2.07 bits per heavy atom. The average Bonchev–Trinajstić information content (AvgIpc) is 2.65. The van der Waals surface area contributed by atoms with E-state index in [9.17, 15) is 9.59 Å². The molecule has 1 aliphatic carbocycles. The van der Waals surface area contributed by atoms with Crippen LogP contribution in [0.4, 0.5) is 5.69 Å². The summed E-state index contributed by atoms with van der Waals surface area (Å²) in [6.07, 6.45) is 2.93. The van der Waals surface area contributed by atoms with E-state index in [0.717, 1.165) is 25.8 Å². The quantitative estimate of drug-likeness (QED) is 0.811. The van der Waals surface area contributed by atoms with Gasteiger partial charge in [0, 0.05) is 51.0 Å². The second-order valence-corrected chi connectivity index (χ2v) is 8.39. The van der Waals surface area contributed by atoms with Gasteiger partial charge < -0.3 is 25.0 Å². The van der Waals surface area contributed by atoms with Crippen LogP contribution in [-0.2, 0) is 9.53 Å². The summed E-state index contributed by atoms with van der Waals surface area (Å²) < 4.78 is 11.6. The zero-order chi connectivity index (χ0) is 21.0. The van der Waals surface area contributed by atoms with E-state index in [1.54, 1.807) is 37.3 Å². The standard InChI is InChI=1S/C22H33N3O4/c1-14-11-23-15(2)13-29-19-10-17(24-21(26)16-6-5-7-16)8-9-18(19)22(27)25(3)12-20(14)28-4/h8-10,14-16,20,23H,5-7,11-13H2,1-4H3,(H,24,26)/t14-,15+,20-/m1/s1. The van der Waals surface area contributed by atoms with Crippen molar-refractivity contribution in [2.45, 2.75) is 45.3 Å². The first-order chi connectivity index (χ1) is 13.9. The summed E-state index contributed by atoms with van der Waals surface area (Å²) in [5, 5.41) is 6.43. The minimum absolute atomic E-state index is 0.0414. The third-order valence-electron chi connectivity index (χ3n) is 5.97. The van der Waals surface area contributed by atoms with Gasteiger partial charge in [-0.3, -0.25) is 9.59 Å². The van der Waals surface area contributed by atoms with Gasteiger partial charge in [0.2, 0.25) is 5.91 Å². The number of fused-ring (bicyclic) bond motifs is 1. The highest BCUT2D eigenvalue weighted by Gasteiger charge is 2.27. The maximum absolute atomic E-state index is 13.1. The summed E-state index contributed by atoms with van der Waals surface area (Å²) in [7, 11) is 3.46. The van der Waals surface area contributed by atoms with E-state index in [4.69, 9.17) is 9.47 Å². The molecule has 1 saturated carbocycles. The smallest absolute Gasteiger partial charge is 0.257 e. The summed E-state index contributed by atoms with van der Waals surface area (Å²) in [6, 6.07) is 5.38. The summed E-state index contributed by atoms with van der Waals surface area (Å²) in [6.45, 7) is 5.86. The normalized spacial score (nSPS) is 26.4. The van der Waals surface area contributed by atoms with Gasteiger partial charge in [0.25, 0.3) is 5.91 Å². The highest BCUT2D eigenvalue weighted by Crippen LogP contribution is 2.30. The fraction of sp³-hybridized carbons (Fsp3) is 0.636. The Balaban J connectivity index is 1.84. The van der Waals surface area contributed by atoms with Crippen molar-refractivity contribution in [3.8, 4) is 5.75 Å². The van der Waals surface area contributed by atoms with Gasteiger partial charge >= 0.3 is 0 Å². The topological polar surface area (TPSA) is 79.9 Å². The lowest BCUT2D eigenvalue weighted by Crippen LogP contribution is -2.44. The summed E-state index contributed by atoms with van der Waals surface area (Å²) in [4.78, 5) is 27.0. The van der Waals surface area contributed by atoms with E-state index in [1.165, 1.54) is 0 Å². The number of ether oxygens (including phenoxy) is 2. The van der Waals surface area contributed by atoms with Crippen LogP contribution >= 0.6 is 0 Å². The van der Waals surface area contributed by atoms with Crippen LogP contribution in [0.5, 0.6) is 5.75 Å². The van der Waals surface area contributed by atoms with Crippen LogP contribution in [0.15, 0.2) is 18.2 Å². The molecule has 1 aliphatic heterocycles. The van der Waals surface area contributed by atoms with Crippen LogP contribution < -0.4 is 15.4 Å². The lowest BCUT2D eigenvalue weighted by molar-refractivity contribution is -0.122. The zero-order valence-corrected chi connectivity index (χ0v) is 17.9. The van der Waals surface area contributed by atoms with Gasteiger partial charge in [-0.25, -0.2) is 0 Å². The third-order valence-corrected chi connectivity index (χ3v) is 5.97. The number of rotatable bonds is 3. The molecule has 2 N–H and O–H groups in total. The molecule has 7 heteroatoms. The number of benzene rings is 1. The molecule has 1 fully saturated rings. The van der Waals surface area contributed by atoms with Crippen molar-refractivity contribution in [3.63, 3.8) is 0 Å². The Hall–Kier alpha value is -2.12. The third kappa shape index (κ3) is 5.28. The molecule has 0 bridgehead atoms. The number of hydrogen-bond acceptors (Lipinski definition) is 5. The molecule has 3 atom stereocenters. The monoisotopic (exact) mass is 403 g/mol. The van der Waals surface area contributed by atoms with Gasteiger partial charge in [-0.05, 0) is 37.8 Å². The zero-order valence-electron chi connectivity index (χ0n) is 17.9. The molecule has 2 aliphatic rings. The lowest BCUT2D eigenvalue weighted by atomic mass is 9.85. The van der Waals surface area contributed by atoms with Gasteiger partial charge in [-0.1, -0.05) is 13.3 Å². The maximum atomic E-state index is 13.1. The van der Waals surface area contributed by atoms with E-state index < -0.39 is 0 Å². The Labute approximate surface area is 173 Å². The van der Waals surface area contributed by atoms with E-state index in [2.05, 4.69) is 24.5 Å². The van der Waals surface area contributed by atoms with Crippen LogP contribution in [0.25, 0.3) is 0 Å². The molecule has 160 valence electrons. The maximum Gasteiger partial charge on any atom is 0.257 e. The number of likely N-dealkylation sites (N-methyl/N-ethyl adjacent to an activating group) is 1. The van der Waals surface area contributed by atoms with Gasteiger partial charge in [0.1, 0.15) is 12.4 Å². The number of carbonyl (C=O) groups is 2. The second kappa shape index (κ2) is 9.59. The van der Waals surface area contributed by atoms with Crippen molar-refractivity contribution in [1.82, 2.24) is 10.2 Å². The van der Waals surface area contributed by atoms with Crippen molar-refractivity contribution in [2.75, 3.05) is 39.2 Å². The summed E-state index contributed by atoms with van der Waals surface area (Å²) in [5.41, 5.74) is 1.15. The molecular formula is C22H33N3O4. The molecule has 1 aromatic rings. The number of amides is 2. The number of nitrogens with one attached hydrogen (secondary N) is 2. The van der Waals surface area contributed by atoms with Crippen LogP contribution in [0, 0.1) is 11.8 Å². The minimum Gasteiger partial charge on any atom is -0.491 e. The molecule has 1 aromatic carbocycles. The Morgan fingerprint density at radius 3 is 2.72 bits per heavy atom. The summed E-state index contributed by atoms with van der Waals surface area (Å²) >= 11 is 0. The predicted octanol–water partition coefficient (Wildman–Crippen LogP) is 2.52. The molecule has 29 heavy (non-hydrogen) atoms. The van der Waals surface area contributed by atoms with Crippen LogP contribution in [0.2, 0.25) is 0 Å². The molecule has 0 radical (unpaired) electrons. The van der Waals surface area contributed by atoms with Crippen molar-refractivity contribution in [2.24, 2.45) is 11.8 Å². The van der Waals surface area contributed by atoms with Crippen molar-refractivity contribution < 1.29 is 19.1 Å². The average molecular weight is 404 g/mol. The van der Waals surface area contributed by atoms with Gasteiger partial charge in [-0.15, -0.1) is 0 Å². The van der Waals surface area contributed by atoms with Gasteiger partial charge in [0.05, 0.1) is 11.7 Å². The number of hydrogen-bond donors (Lipinski definition) is 2. The first-order valence-corrected chi connectivity index (χ1v) is 10.5. The lowest BCUT2D eigenvalue weighted by Gasteiger charge is -2.30.